The van der Waals surface area contributed by atoms with Crippen molar-refractivity contribution in [1.29, 1.82) is 0 Å². The van der Waals surface area contributed by atoms with Gasteiger partial charge in [0.25, 0.3) is 5.91 Å². The van der Waals surface area contributed by atoms with Gasteiger partial charge < -0.3 is 10.1 Å². The zero-order chi connectivity index (χ0) is 12.4. The van der Waals surface area contributed by atoms with E-state index in [0.717, 1.165) is 0 Å². The molecule has 4 heteroatoms. The lowest BCUT2D eigenvalue weighted by Crippen LogP contribution is -2.39. The number of nitrogens with one attached hydrogen (secondary N) is 1. The molecule has 17 heavy (non-hydrogen) atoms. The van der Waals surface area contributed by atoms with Crippen molar-refractivity contribution in [2.45, 2.75) is 26.4 Å². The van der Waals surface area contributed by atoms with Crippen molar-refractivity contribution in [2.24, 2.45) is 5.92 Å². The average molecular weight is 233 g/mol. The molecule has 0 saturated heterocycles. The largest absolute Gasteiger partial charge is 0.478 e. The molecule has 1 amide bonds. The van der Waals surface area contributed by atoms with Crippen LogP contribution in [0.1, 0.15) is 20.3 Å². The monoisotopic (exact) mass is 233 g/mol. The zero-order valence-corrected chi connectivity index (χ0v) is 9.90. The number of carbonyl (C=O) groups is 2. The highest BCUT2D eigenvalue weighted by Crippen LogP contribution is 2.29. The summed E-state index contributed by atoms with van der Waals surface area (Å²) < 4.78 is 5.53. The number of ether oxygens (including phenoxy) is 1. The molecule has 1 heterocycles. The van der Waals surface area contributed by atoms with Gasteiger partial charge in [0.1, 0.15) is 11.5 Å². The fourth-order valence-electron chi connectivity index (χ4n) is 1.65. The van der Waals surface area contributed by atoms with E-state index in [1.54, 1.807) is 12.1 Å². The molecule has 0 fully saturated rings. The topological polar surface area (TPSA) is 55.4 Å². The highest BCUT2D eigenvalue weighted by Gasteiger charge is 2.29. The Balaban J connectivity index is 2.13. The minimum Gasteiger partial charge on any atom is -0.478 e. The number of carbonyl (C=O) groups excluding carboxylic acids is 2. The Morgan fingerprint density at radius 3 is 2.82 bits per heavy atom. The van der Waals surface area contributed by atoms with E-state index >= 15 is 0 Å². The Morgan fingerprint density at radius 1 is 1.41 bits per heavy atom. The first-order chi connectivity index (χ1) is 8.08. The Hall–Kier alpha value is -1.84. The second kappa shape index (κ2) is 4.57. The Morgan fingerprint density at radius 2 is 2.12 bits per heavy atom. The summed E-state index contributed by atoms with van der Waals surface area (Å²) in [6.07, 6.45) is -0.586. The van der Waals surface area contributed by atoms with Crippen molar-refractivity contribution in [3.8, 4) is 5.75 Å². The molecule has 0 aliphatic carbocycles. The molecular weight excluding hydrogens is 218 g/mol. The Labute approximate surface area is 100.0 Å². The number of ketones is 1. The van der Waals surface area contributed by atoms with Gasteiger partial charge in [-0.2, -0.15) is 0 Å². The summed E-state index contributed by atoms with van der Waals surface area (Å²) in [5.41, 5.74) is 0.658. The summed E-state index contributed by atoms with van der Waals surface area (Å²) >= 11 is 0. The van der Waals surface area contributed by atoms with Gasteiger partial charge in [-0.15, -0.1) is 0 Å². The third-order valence-electron chi connectivity index (χ3n) is 2.74. The lowest BCUT2D eigenvalue weighted by molar-refractivity contribution is -0.130. The summed E-state index contributed by atoms with van der Waals surface area (Å²) in [4.78, 5) is 23.3. The molecule has 90 valence electrons. The van der Waals surface area contributed by atoms with Gasteiger partial charge >= 0.3 is 0 Å². The van der Waals surface area contributed by atoms with Crippen molar-refractivity contribution >= 4 is 17.4 Å². The van der Waals surface area contributed by atoms with E-state index in [4.69, 9.17) is 4.74 Å². The maximum absolute atomic E-state index is 11.7. The Bertz CT molecular complexity index is 454. The van der Waals surface area contributed by atoms with Crippen molar-refractivity contribution < 1.29 is 14.3 Å². The van der Waals surface area contributed by atoms with Crippen LogP contribution < -0.4 is 10.1 Å². The number of para-hydroxylation sites is 2. The van der Waals surface area contributed by atoms with Gasteiger partial charge in [0.2, 0.25) is 0 Å². The normalized spacial score (nSPS) is 18.3. The third-order valence-corrected chi connectivity index (χ3v) is 2.74. The number of benzene rings is 1. The second-order valence-corrected chi connectivity index (χ2v) is 4.42. The van der Waals surface area contributed by atoms with Crippen LogP contribution in [0.2, 0.25) is 0 Å². The first kappa shape index (κ1) is 11.6. The number of rotatable bonds is 3. The van der Waals surface area contributed by atoms with E-state index < -0.39 is 6.10 Å². The molecular formula is C13H15NO3. The van der Waals surface area contributed by atoms with E-state index in [9.17, 15) is 9.59 Å². The molecule has 0 radical (unpaired) electrons. The molecule has 0 bridgehead atoms. The highest BCUT2D eigenvalue weighted by molar-refractivity contribution is 6.00. The predicted molar refractivity (Wildman–Crippen MR) is 63.9 cm³/mol. The van der Waals surface area contributed by atoms with Crippen molar-refractivity contribution in [3.05, 3.63) is 24.3 Å². The summed E-state index contributed by atoms with van der Waals surface area (Å²) in [6.45, 7) is 3.63. The predicted octanol–water partition coefficient (Wildman–Crippen LogP) is 2.00. The maximum Gasteiger partial charge on any atom is 0.266 e. The van der Waals surface area contributed by atoms with E-state index in [1.807, 2.05) is 26.0 Å². The van der Waals surface area contributed by atoms with E-state index in [-0.39, 0.29) is 24.0 Å². The molecule has 0 saturated carbocycles. The third kappa shape index (κ3) is 2.46. The van der Waals surface area contributed by atoms with Crippen molar-refractivity contribution in [2.75, 3.05) is 5.32 Å². The molecule has 1 aliphatic heterocycles. The molecule has 1 unspecified atom stereocenters. The SMILES string of the molecule is CC(C)C(=O)CC1Oc2ccccc2NC1=O. The van der Waals surface area contributed by atoms with Crippen LogP contribution in [0.4, 0.5) is 5.69 Å². The van der Waals surface area contributed by atoms with Gasteiger partial charge in [-0.25, -0.2) is 0 Å². The fourth-order valence-corrected chi connectivity index (χ4v) is 1.65. The van der Waals surface area contributed by atoms with E-state index in [1.165, 1.54) is 0 Å². The molecule has 1 aromatic carbocycles. The van der Waals surface area contributed by atoms with Crippen LogP contribution >= 0.6 is 0 Å². The smallest absolute Gasteiger partial charge is 0.266 e. The van der Waals surface area contributed by atoms with E-state index in [2.05, 4.69) is 5.32 Å². The number of fused-ring (bicyclic) bond motifs is 1. The van der Waals surface area contributed by atoms with Gasteiger partial charge in [-0.1, -0.05) is 26.0 Å². The molecule has 2 rings (SSSR count). The van der Waals surface area contributed by atoms with Gasteiger partial charge in [-0.3, -0.25) is 9.59 Å². The van der Waals surface area contributed by atoms with Gasteiger partial charge in [0.05, 0.1) is 12.1 Å². The van der Waals surface area contributed by atoms with Crippen LogP contribution in [0.15, 0.2) is 24.3 Å². The van der Waals surface area contributed by atoms with E-state index in [0.29, 0.717) is 11.4 Å². The minimum absolute atomic E-state index is 0.0320. The number of anilines is 1. The molecule has 0 aromatic heterocycles. The summed E-state index contributed by atoms with van der Waals surface area (Å²) in [7, 11) is 0. The highest BCUT2D eigenvalue weighted by atomic mass is 16.5. The number of hydrogen-bond donors (Lipinski definition) is 1. The average Bonchev–Trinajstić information content (AvgIpc) is 2.29. The quantitative estimate of drug-likeness (QED) is 0.868. The molecule has 1 aromatic rings. The zero-order valence-electron chi connectivity index (χ0n) is 9.90. The van der Waals surface area contributed by atoms with Crippen molar-refractivity contribution in [1.82, 2.24) is 0 Å². The van der Waals surface area contributed by atoms with Crippen LogP contribution in [0.25, 0.3) is 0 Å². The van der Waals surface area contributed by atoms with Crippen LogP contribution in [0.3, 0.4) is 0 Å². The lowest BCUT2D eigenvalue weighted by atomic mass is 10.0. The van der Waals surface area contributed by atoms with Crippen LogP contribution in [-0.4, -0.2) is 17.8 Å². The second-order valence-electron chi connectivity index (χ2n) is 4.42. The lowest BCUT2D eigenvalue weighted by Gasteiger charge is -2.25. The van der Waals surface area contributed by atoms with Gasteiger partial charge in [0.15, 0.2) is 6.10 Å². The Kier molecular flexibility index (Phi) is 3.13. The minimum atomic E-state index is -0.709. The maximum atomic E-state index is 11.7. The fraction of sp³-hybridized carbons (Fsp3) is 0.385. The summed E-state index contributed by atoms with van der Waals surface area (Å²) in [6, 6.07) is 7.20. The van der Waals surface area contributed by atoms with Crippen LogP contribution in [0, 0.1) is 5.92 Å². The van der Waals surface area contributed by atoms with Crippen LogP contribution in [-0.2, 0) is 9.59 Å². The van der Waals surface area contributed by atoms with Gasteiger partial charge in [-0.05, 0) is 12.1 Å². The van der Waals surface area contributed by atoms with Crippen molar-refractivity contribution in [3.63, 3.8) is 0 Å². The number of Topliss-reactive ketones (excluding diaryl/α,β-unsaturated/α-hetero) is 1. The first-order valence-electron chi connectivity index (χ1n) is 5.67. The van der Waals surface area contributed by atoms with Crippen LogP contribution in [0.5, 0.6) is 5.75 Å². The summed E-state index contributed by atoms with van der Waals surface area (Å²) in [5, 5.41) is 2.74. The number of hydrogen-bond acceptors (Lipinski definition) is 3. The standard InChI is InChI=1S/C13H15NO3/c1-8(2)10(15)7-12-13(16)14-9-5-3-4-6-11(9)17-12/h3-6,8,12H,7H2,1-2H3,(H,14,16). The number of amides is 1. The van der Waals surface area contributed by atoms with Gasteiger partial charge in [0, 0.05) is 5.92 Å². The molecule has 0 spiro atoms. The molecule has 4 nitrogen and oxygen atoms in total. The molecule has 1 aliphatic rings. The molecule has 1 N–H and O–H groups in total. The molecule has 1 atom stereocenters. The summed E-state index contributed by atoms with van der Waals surface area (Å²) in [5.74, 6) is 0.319. The first-order valence-corrected chi connectivity index (χ1v) is 5.67.